The minimum Gasteiger partial charge on any atom is -0.480 e. The van der Waals surface area contributed by atoms with Crippen LogP contribution in [0.1, 0.15) is 25.0 Å². The molecule has 2 atom stereocenters. The van der Waals surface area contributed by atoms with Crippen molar-refractivity contribution in [3.63, 3.8) is 0 Å². The zero-order valence-corrected chi connectivity index (χ0v) is 9.39. The molecule has 88 valence electrons. The molecule has 2 rings (SSSR count). The Morgan fingerprint density at radius 1 is 1.69 bits per heavy atom. The van der Waals surface area contributed by atoms with Gasteiger partial charge < -0.3 is 10.4 Å². The second-order valence-corrected chi connectivity index (χ2v) is 4.37. The molecular weight excluding hydrogens is 206 g/mol. The van der Waals surface area contributed by atoms with Crippen molar-refractivity contribution < 1.29 is 9.90 Å². The topological polar surface area (TPSA) is 67.2 Å². The standard InChI is InChI=1S/C11H17N3O2/c1-14-6-5-9(13-14)7-8-3-2-4-10(12-8)11(15)16/h5-6,8,10,12H,2-4,7H2,1H3,(H,15,16). The third-order valence-electron chi connectivity index (χ3n) is 3.00. The van der Waals surface area contributed by atoms with E-state index in [1.807, 2.05) is 19.3 Å². The van der Waals surface area contributed by atoms with E-state index in [0.717, 1.165) is 31.4 Å². The lowest BCUT2D eigenvalue weighted by Gasteiger charge is -2.28. The highest BCUT2D eigenvalue weighted by atomic mass is 16.4. The maximum atomic E-state index is 10.9. The van der Waals surface area contributed by atoms with Gasteiger partial charge in [0.2, 0.25) is 0 Å². The fourth-order valence-electron chi connectivity index (χ4n) is 2.20. The summed E-state index contributed by atoms with van der Waals surface area (Å²) in [6.07, 6.45) is 5.45. The molecule has 1 aromatic heterocycles. The fourth-order valence-corrected chi connectivity index (χ4v) is 2.20. The third kappa shape index (κ3) is 2.61. The summed E-state index contributed by atoms with van der Waals surface area (Å²) < 4.78 is 1.77. The van der Waals surface area contributed by atoms with Crippen molar-refractivity contribution in [3.8, 4) is 0 Å². The predicted molar refractivity (Wildman–Crippen MR) is 59.1 cm³/mol. The molecule has 2 heterocycles. The van der Waals surface area contributed by atoms with Crippen LogP contribution >= 0.6 is 0 Å². The Balaban J connectivity index is 1.92. The number of aromatic nitrogens is 2. The van der Waals surface area contributed by atoms with Crippen LogP contribution in [-0.2, 0) is 18.3 Å². The van der Waals surface area contributed by atoms with Gasteiger partial charge in [-0.1, -0.05) is 0 Å². The van der Waals surface area contributed by atoms with Gasteiger partial charge in [-0.25, -0.2) is 0 Å². The normalized spacial score (nSPS) is 25.6. The molecule has 1 aliphatic heterocycles. The monoisotopic (exact) mass is 223 g/mol. The molecular formula is C11H17N3O2. The van der Waals surface area contributed by atoms with E-state index in [4.69, 9.17) is 5.11 Å². The summed E-state index contributed by atoms with van der Waals surface area (Å²) in [6.45, 7) is 0. The number of nitrogens with zero attached hydrogens (tertiary/aromatic N) is 2. The molecule has 0 saturated carbocycles. The van der Waals surface area contributed by atoms with Crippen molar-refractivity contribution in [1.82, 2.24) is 15.1 Å². The molecule has 1 saturated heterocycles. The highest BCUT2D eigenvalue weighted by Gasteiger charge is 2.26. The minimum atomic E-state index is -0.745. The highest BCUT2D eigenvalue weighted by molar-refractivity contribution is 5.73. The fraction of sp³-hybridized carbons (Fsp3) is 0.636. The molecule has 0 spiro atoms. The van der Waals surface area contributed by atoms with Crippen LogP contribution in [-0.4, -0.2) is 32.9 Å². The van der Waals surface area contributed by atoms with Crippen molar-refractivity contribution in [2.24, 2.45) is 7.05 Å². The van der Waals surface area contributed by atoms with Crippen LogP contribution in [0.2, 0.25) is 0 Å². The summed E-state index contributed by atoms with van der Waals surface area (Å²) in [5.74, 6) is -0.745. The first-order valence-corrected chi connectivity index (χ1v) is 5.62. The smallest absolute Gasteiger partial charge is 0.320 e. The van der Waals surface area contributed by atoms with Crippen molar-refractivity contribution in [2.45, 2.75) is 37.8 Å². The molecule has 16 heavy (non-hydrogen) atoms. The molecule has 2 unspecified atom stereocenters. The van der Waals surface area contributed by atoms with E-state index in [2.05, 4.69) is 10.4 Å². The maximum absolute atomic E-state index is 10.9. The highest BCUT2D eigenvalue weighted by Crippen LogP contribution is 2.15. The molecule has 0 amide bonds. The molecule has 1 aromatic rings. The van der Waals surface area contributed by atoms with Gasteiger partial charge >= 0.3 is 5.97 Å². The first-order valence-electron chi connectivity index (χ1n) is 5.62. The van der Waals surface area contributed by atoms with E-state index in [1.54, 1.807) is 4.68 Å². The summed E-state index contributed by atoms with van der Waals surface area (Å²) in [5, 5.41) is 16.4. The van der Waals surface area contributed by atoms with Crippen molar-refractivity contribution in [3.05, 3.63) is 18.0 Å². The number of aliphatic carboxylic acids is 1. The molecule has 1 fully saturated rings. The Kier molecular flexibility index (Phi) is 3.24. The lowest BCUT2D eigenvalue weighted by Crippen LogP contribution is -2.47. The average molecular weight is 223 g/mol. The number of hydrogen-bond donors (Lipinski definition) is 2. The molecule has 0 radical (unpaired) electrons. The molecule has 0 aliphatic carbocycles. The van der Waals surface area contributed by atoms with Crippen LogP contribution in [0.15, 0.2) is 12.3 Å². The van der Waals surface area contributed by atoms with Gasteiger partial charge in [0.25, 0.3) is 0 Å². The third-order valence-corrected chi connectivity index (χ3v) is 3.00. The molecule has 5 nitrogen and oxygen atoms in total. The molecule has 0 bridgehead atoms. The number of piperidine rings is 1. The minimum absolute atomic E-state index is 0.241. The molecule has 2 N–H and O–H groups in total. The van der Waals surface area contributed by atoms with Crippen LogP contribution in [0, 0.1) is 0 Å². The zero-order valence-electron chi connectivity index (χ0n) is 9.39. The summed E-state index contributed by atoms with van der Waals surface area (Å²) in [7, 11) is 1.89. The summed E-state index contributed by atoms with van der Waals surface area (Å²) in [6, 6.07) is 1.83. The van der Waals surface area contributed by atoms with E-state index < -0.39 is 5.97 Å². The first kappa shape index (κ1) is 11.1. The Morgan fingerprint density at radius 2 is 2.50 bits per heavy atom. The number of nitrogens with one attached hydrogen (secondary N) is 1. The summed E-state index contributed by atoms with van der Waals surface area (Å²) >= 11 is 0. The number of carboxylic acids is 1. The summed E-state index contributed by atoms with van der Waals surface area (Å²) in [4.78, 5) is 10.9. The predicted octanol–water partition coefficient (Wildman–Crippen LogP) is 0.558. The van der Waals surface area contributed by atoms with Crippen LogP contribution in [0.3, 0.4) is 0 Å². The van der Waals surface area contributed by atoms with E-state index in [-0.39, 0.29) is 12.1 Å². The maximum Gasteiger partial charge on any atom is 0.320 e. The number of aryl methyl sites for hydroxylation is 1. The van der Waals surface area contributed by atoms with E-state index in [0.29, 0.717) is 0 Å². The number of rotatable bonds is 3. The van der Waals surface area contributed by atoms with Gasteiger partial charge in [0, 0.05) is 25.7 Å². The van der Waals surface area contributed by atoms with E-state index >= 15 is 0 Å². The molecule has 1 aliphatic rings. The lowest BCUT2D eigenvalue weighted by atomic mass is 9.95. The van der Waals surface area contributed by atoms with Crippen molar-refractivity contribution in [1.29, 1.82) is 0 Å². The molecule has 5 heteroatoms. The Bertz CT molecular complexity index is 375. The first-order chi connectivity index (χ1) is 7.65. The van der Waals surface area contributed by atoms with Gasteiger partial charge in [-0.2, -0.15) is 5.10 Å². The van der Waals surface area contributed by atoms with Gasteiger partial charge in [-0.15, -0.1) is 0 Å². The Morgan fingerprint density at radius 3 is 3.12 bits per heavy atom. The Hall–Kier alpha value is -1.36. The van der Waals surface area contributed by atoms with Crippen LogP contribution in [0.4, 0.5) is 0 Å². The number of carbonyl (C=O) groups is 1. The number of hydrogen-bond acceptors (Lipinski definition) is 3. The second kappa shape index (κ2) is 4.65. The molecule has 0 aromatic carbocycles. The van der Waals surface area contributed by atoms with Gasteiger partial charge in [0.15, 0.2) is 0 Å². The average Bonchev–Trinajstić information content (AvgIpc) is 2.64. The lowest BCUT2D eigenvalue weighted by molar-refractivity contribution is -0.140. The van der Waals surface area contributed by atoms with Crippen LogP contribution in [0.5, 0.6) is 0 Å². The van der Waals surface area contributed by atoms with Crippen LogP contribution < -0.4 is 5.32 Å². The SMILES string of the molecule is Cn1ccc(CC2CCCC(C(=O)O)N2)n1. The van der Waals surface area contributed by atoms with Crippen LogP contribution in [0.25, 0.3) is 0 Å². The van der Waals surface area contributed by atoms with E-state index in [9.17, 15) is 4.79 Å². The second-order valence-electron chi connectivity index (χ2n) is 4.37. The largest absolute Gasteiger partial charge is 0.480 e. The quantitative estimate of drug-likeness (QED) is 0.785. The van der Waals surface area contributed by atoms with Gasteiger partial charge in [-0.3, -0.25) is 9.48 Å². The zero-order chi connectivity index (χ0) is 11.5. The van der Waals surface area contributed by atoms with Crippen molar-refractivity contribution in [2.75, 3.05) is 0 Å². The van der Waals surface area contributed by atoms with Gasteiger partial charge in [0.1, 0.15) is 6.04 Å². The van der Waals surface area contributed by atoms with Gasteiger partial charge in [-0.05, 0) is 25.3 Å². The number of carboxylic acid groups (broad SMARTS) is 1. The van der Waals surface area contributed by atoms with Crippen molar-refractivity contribution >= 4 is 5.97 Å². The Labute approximate surface area is 94.5 Å². The summed E-state index contributed by atoms with van der Waals surface area (Å²) in [5.41, 5.74) is 1.02. The van der Waals surface area contributed by atoms with Gasteiger partial charge in [0.05, 0.1) is 5.69 Å². The van der Waals surface area contributed by atoms with E-state index in [1.165, 1.54) is 0 Å².